The molecule has 2 heterocycles. The average Bonchev–Trinajstić information content (AvgIpc) is 2.85. The molecule has 0 bridgehead atoms. The zero-order valence-corrected chi connectivity index (χ0v) is 9.85. The minimum Gasteiger partial charge on any atom is -0.390 e. The predicted octanol–water partition coefficient (Wildman–Crippen LogP) is -0.797. The molecule has 1 amide bonds. The van der Waals surface area contributed by atoms with Gasteiger partial charge in [0, 0.05) is 26.7 Å². The van der Waals surface area contributed by atoms with Crippen LogP contribution in [0.3, 0.4) is 0 Å². The number of carbonyl (C=O) groups excluding carboxylic acids is 1. The van der Waals surface area contributed by atoms with Gasteiger partial charge in [0.05, 0.1) is 12.1 Å². The Labute approximate surface area is 95.8 Å². The van der Waals surface area contributed by atoms with E-state index in [2.05, 4.69) is 5.32 Å². The molecule has 5 heteroatoms. The lowest BCUT2D eigenvalue weighted by atomic mass is 10.0. The normalized spacial score (nSPS) is 38.9. The molecule has 4 atom stereocenters. The molecule has 0 aromatic rings. The number of amides is 1. The number of β-amino-alcohol motifs (C(OH)–C–C–N with tert-alkyl or cyclic N) is 1. The lowest BCUT2D eigenvalue weighted by molar-refractivity contribution is -0.144. The van der Waals surface area contributed by atoms with E-state index in [-0.39, 0.29) is 24.0 Å². The van der Waals surface area contributed by atoms with Gasteiger partial charge >= 0.3 is 0 Å². The molecule has 0 aromatic carbocycles. The number of nitrogens with zero attached hydrogens (tertiary/aromatic N) is 1. The average molecular weight is 228 g/mol. The van der Waals surface area contributed by atoms with E-state index in [4.69, 9.17) is 4.74 Å². The Morgan fingerprint density at radius 2 is 2.25 bits per heavy atom. The van der Waals surface area contributed by atoms with Gasteiger partial charge in [-0.1, -0.05) is 6.92 Å². The largest absolute Gasteiger partial charge is 0.390 e. The monoisotopic (exact) mass is 228 g/mol. The number of hydrogen-bond acceptors (Lipinski definition) is 4. The van der Waals surface area contributed by atoms with Crippen LogP contribution in [0.1, 0.15) is 13.3 Å². The fourth-order valence-electron chi connectivity index (χ4n) is 2.42. The topological polar surface area (TPSA) is 61.8 Å². The highest BCUT2D eigenvalue weighted by atomic mass is 16.5. The maximum absolute atomic E-state index is 12.2. The highest BCUT2D eigenvalue weighted by molar-refractivity contribution is 5.81. The molecule has 92 valence electrons. The van der Waals surface area contributed by atoms with Gasteiger partial charge in [-0.3, -0.25) is 4.79 Å². The van der Waals surface area contributed by atoms with Crippen molar-refractivity contribution in [2.45, 2.75) is 31.6 Å². The van der Waals surface area contributed by atoms with Gasteiger partial charge in [0.2, 0.25) is 0 Å². The van der Waals surface area contributed by atoms with Crippen molar-refractivity contribution in [1.82, 2.24) is 10.2 Å². The molecule has 2 aliphatic heterocycles. The first kappa shape index (κ1) is 11.8. The van der Waals surface area contributed by atoms with Crippen molar-refractivity contribution < 1.29 is 14.6 Å². The van der Waals surface area contributed by atoms with Crippen molar-refractivity contribution >= 4 is 5.91 Å². The van der Waals surface area contributed by atoms with Crippen LogP contribution in [0, 0.1) is 5.92 Å². The SMILES string of the molecule is CC1CCOC1C(=O)N(C)[C@@H]1CNC[C@H]1O. The van der Waals surface area contributed by atoms with Crippen LogP contribution in [-0.2, 0) is 9.53 Å². The van der Waals surface area contributed by atoms with Crippen LogP contribution >= 0.6 is 0 Å². The van der Waals surface area contributed by atoms with Gasteiger partial charge in [-0.05, 0) is 12.3 Å². The summed E-state index contributed by atoms with van der Waals surface area (Å²) in [4.78, 5) is 13.8. The molecule has 2 aliphatic rings. The van der Waals surface area contributed by atoms with Gasteiger partial charge in [-0.2, -0.15) is 0 Å². The molecule has 16 heavy (non-hydrogen) atoms. The second-order valence-corrected chi connectivity index (χ2v) is 4.80. The van der Waals surface area contributed by atoms with Crippen LogP contribution < -0.4 is 5.32 Å². The summed E-state index contributed by atoms with van der Waals surface area (Å²) in [5.41, 5.74) is 0. The van der Waals surface area contributed by atoms with Crippen molar-refractivity contribution in [3.63, 3.8) is 0 Å². The van der Waals surface area contributed by atoms with Crippen molar-refractivity contribution in [3.8, 4) is 0 Å². The summed E-state index contributed by atoms with van der Waals surface area (Å²) in [5.74, 6) is 0.277. The van der Waals surface area contributed by atoms with E-state index >= 15 is 0 Å². The molecule has 5 nitrogen and oxygen atoms in total. The Morgan fingerprint density at radius 1 is 1.50 bits per heavy atom. The first-order chi connectivity index (χ1) is 7.61. The molecule has 0 aliphatic carbocycles. The second kappa shape index (κ2) is 4.69. The highest BCUT2D eigenvalue weighted by Crippen LogP contribution is 2.23. The maximum atomic E-state index is 12.2. The van der Waals surface area contributed by atoms with Gasteiger partial charge in [-0.25, -0.2) is 0 Å². The molecular formula is C11H20N2O3. The Bertz CT molecular complexity index is 272. The number of rotatable bonds is 2. The number of hydrogen-bond donors (Lipinski definition) is 2. The molecule has 2 N–H and O–H groups in total. The van der Waals surface area contributed by atoms with E-state index in [1.165, 1.54) is 0 Å². The van der Waals surface area contributed by atoms with Crippen molar-refractivity contribution in [2.75, 3.05) is 26.7 Å². The third-order valence-electron chi connectivity index (χ3n) is 3.63. The van der Waals surface area contributed by atoms with E-state index in [0.717, 1.165) is 6.42 Å². The first-order valence-corrected chi connectivity index (χ1v) is 5.88. The summed E-state index contributed by atoms with van der Waals surface area (Å²) in [5, 5.41) is 12.8. The molecule has 0 spiro atoms. The zero-order valence-electron chi connectivity index (χ0n) is 9.85. The van der Waals surface area contributed by atoms with Gasteiger partial charge in [0.1, 0.15) is 6.10 Å². The summed E-state index contributed by atoms with van der Waals surface area (Å²) >= 11 is 0. The van der Waals surface area contributed by atoms with Crippen molar-refractivity contribution in [3.05, 3.63) is 0 Å². The number of aliphatic hydroxyl groups is 1. The smallest absolute Gasteiger partial charge is 0.252 e. The van der Waals surface area contributed by atoms with Crippen LogP contribution in [-0.4, -0.2) is 60.9 Å². The molecule has 2 unspecified atom stereocenters. The fourth-order valence-corrected chi connectivity index (χ4v) is 2.42. The summed E-state index contributed by atoms with van der Waals surface area (Å²) < 4.78 is 5.45. The Morgan fingerprint density at radius 3 is 2.75 bits per heavy atom. The number of likely N-dealkylation sites (N-methyl/N-ethyl adjacent to an activating group) is 1. The lowest BCUT2D eigenvalue weighted by Crippen LogP contribution is -2.49. The molecular weight excluding hydrogens is 208 g/mol. The van der Waals surface area contributed by atoms with E-state index in [1.54, 1.807) is 11.9 Å². The van der Waals surface area contributed by atoms with Crippen LogP contribution in [0.2, 0.25) is 0 Å². The van der Waals surface area contributed by atoms with Crippen LogP contribution in [0.25, 0.3) is 0 Å². The number of aliphatic hydroxyl groups excluding tert-OH is 1. The van der Waals surface area contributed by atoms with E-state index < -0.39 is 6.10 Å². The minimum absolute atomic E-state index is 0.00208. The summed E-state index contributed by atoms with van der Waals surface area (Å²) in [6, 6.07) is -0.121. The standard InChI is InChI=1S/C11H20N2O3/c1-7-3-4-16-10(7)11(15)13(2)8-5-12-6-9(8)14/h7-10,12,14H,3-6H2,1-2H3/t7?,8-,9-,10?/m1/s1. The van der Waals surface area contributed by atoms with Crippen molar-refractivity contribution in [2.24, 2.45) is 5.92 Å². The number of ether oxygens (including phenoxy) is 1. The van der Waals surface area contributed by atoms with Gasteiger partial charge < -0.3 is 20.1 Å². The van der Waals surface area contributed by atoms with Crippen LogP contribution in [0.4, 0.5) is 0 Å². The maximum Gasteiger partial charge on any atom is 0.252 e. The predicted molar refractivity (Wildman–Crippen MR) is 59.0 cm³/mol. The summed E-state index contributed by atoms with van der Waals surface area (Å²) in [6.45, 7) is 3.91. The molecule has 2 saturated heterocycles. The zero-order chi connectivity index (χ0) is 11.7. The van der Waals surface area contributed by atoms with Crippen LogP contribution in [0.15, 0.2) is 0 Å². The highest BCUT2D eigenvalue weighted by Gasteiger charge is 2.38. The third kappa shape index (κ3) is 2.07. The third-order valence-corrected chi connectivity index (χ3v) is 3.63. The molecule has 0 aromatic heterocycles. The first-order valence-electron chi connectivity index (χ1n) is 5.88. The van der Waals surface area contributed by atoms with Gasteiger partial charge in [0.15, 0.2) is 0 Å². The quantitative estimate of drug-likeness (QED) is 0.650. The molecule has 2 rings (SSSR count). The van der Waals surface area contributed by atoms with Crippen molar-refractivity contribution in [1.29, 1.82) is 0 Å². The number of carbonyl (C=O) groups is 1. The lowest BCUT2D eigenvalue weighted by Gasteiger charge is -2.29. The summed E-state index contributed by atoms with van der Waals surface area (Å²) in [7, 11) is 1.75. The van der Waals surface area contributed by atoms with E-state index in [0.29, 0.717) is 19.7 Å². The Balaban J connectivity index is 1.98. The van der Waals surface area contributed by atoms with Crippen LogP contribution in [0.5, 0.6) is 0 Å². The van der Waals surface area contributed by atoms with E-state index in [1.807, 2.05) is 6.92 Å². The Hall–Kier alpha value is -0.650. The second-order valence-electron chi connectivity index (χ2n) is 4.80. The molecule has 2 fully saturated rings. The summed E-state index contributed by atoms with van der Waals surface area (Å²) in [6.07, 6.45) is 0.152. The van der Waals surface area contributed by atoms with E-state index in [9.17, 15) is 9.90 Å². The molecule has 0 radical (unpaired) electrons. The van der Waals surface area contributed by atoms with Gasteiger partial charge in [-0.15, -0.1) is 0 Å². The van der Waals surface area contributed by atoms with Gasteiger partial charge in [0.25, 0.3) is 5.91 Å². The Kier molecular flexibility index (Phi) is 3.47. The number of nitrogens with one attached hydrogen (secondary N) is 1. The fraction of sp³-hybridized carbons (Fsp3) is 0.909. The minimum atomic E-state index is -0.467. The molecule has 0 saturated carbocycles.